The Bertz CT molecular complexity index is 310. The SMILES string of the molecule is CCC(CC#N)NC(=O)C1(N)CCCC(C)C1. The largest absolute Gasteiger partial charge is 0.351 e. The lowest BCUT2D eigenvalue weighted by atomic mass is 9.76. The molecule has 0 aromatic rings. The molecule has 3 unspecified atom stereocenters. The van der Waals surface area contributed by atoms with Crippen molar-refractivity contribution < 1.29 is 4.79 Å². The second kappa shape index (κ2) is 6.02. The highest BCUT2D eigenvalue weighted by Crippen LogP contribution is 2.30. The van der Waals surface area contributed by atoms with E-state index in [-0.39, 0.29) is 11.9 Å². The van der Waals surface area contributed by atoms with Gasteiger partial charge in [-0.1, -0.05) is 26.7 Å². The maximum atomic E-state index is 12.2. The molecule has 0 heterocycles. The lowest BCUT2D eigenvalue weighted by molar-refractivity contribution is -0.128. The highest BCUT2D eigenvalue weighted by Gasteiger charge is 2.38. The lowest BCUT2D eigenvalue weighted by Gasteiger charge is -2.36. The molecule has 0 aromatic carbocycles. The summed E-state index contributed by atoms with van der Waals surface area (Å²) < 4.78 is 0. The molecule has 1 saturated carbocycles. The van der Waals surface area contributed by atoms with E-state index >= 15 is 0 Å². The molecule has 0 bridgehead atoms. The Hall–Kier alpha value is -1.08. The minimum Gasteiger partial charge on any atom is -0.351 e. The van der Waals surface area contributed by atoms with Gasteiger partial charge < -0.3 is 11.1 Å². The lowest BCUT2D eigenvalue weighted by Crippen LogP contribution is -2.58. The van der Waals surface area contributed by atoms with Crippen LogP contribution in [0.15, 0.2) is 0 Å². The number of hydrogen-bond acceptors (Lipinski definition) is 3. The van der Waals surface area contributed by atoms with E-state index in [9.17, 15) is 4.79 Å². The summed E-state index contributed by atoms with van der Waals surface area (Å²) in [5.41, 5.74) is 5.48. The molecular weight excluding hydrogens is 214 g/mol. The van der Waals surface area contributed by atoms with Crippen LogP contribution in [0.2, 0.25) is 0 Å². The molecule has 0 saturated heterocycles. The first kappa shape index (κ1) is 14.0. The molecule has 1 amide bonds. The molecule has 3 atom stereocenters. The minimum atomic E-state index is -0.722. The van der Waals surface area contributed by atoms with Crippen molar-refractivity contribution in [1.29, 1.82) is 5.26 Å². The van der Waals surface area contributed by atoms with Gasteiger partial charge in [0.25, 0.3) is 0 Å². The second-order valence-electron chi connectivity index (χ2n) is 5.30. The molecule has 4 heteroatoms. The fourth-order valence-corrected chi connectivity index (χ4v) is 2.53. The maximum absolute atomic E-state index is 12.2. The second-order valence-corrected chi connectivity index (χ2v) is 5.30. The Kier molecular flexibility index (Phi) is 4.95. The summed E-state index contributed by atoms with van der Waals surface area (Å²) in [6, 6.07) is 2.03. The number of carbonyl (C=O) groups is 1. The van der Waals surface area contributed by atoms with Crippen molar-refractivity contribution >= 4 is 5.91 Å². The number of amides is 1. The van der Waals surface area contributed by atoms with Gasteiger partial charge in [-0.25, -0.2) is 0 Å². The summed E-state index contributed by atoms with van der Waals surface area (Å²) >= 11 is 0. The van der Waals surface area contributed by atoms with Gasteiger partial charge in [0.2, 0.25) is 5.91 Å². The summed E-state index contributed by atoms with van der Waals surface area (Å²) in [5, 5.41) is 11.6. The monoisotopic (exact) mass is 237 g/mol. The predicted octanol–water partition coefficient (Wildman–Crippen LogP) is 1.70. The van der Waals surface area contributed by atoms with Gasteiger partial charge in [0, 0.05) is 6.04 Å². The van der Waals surface area contributed by atoms with Crippen molar-refractivity contribution in [3.05, 3.63) is 0 Å². The normalized spacial score (nSPS) is 30.4. The van der Waals surface area contributed by atoms with E-state index in [4.69, 9.17) is 11.0 Å². The molecule has 3 N–H and O–H groups in total. The third-order valence-corrected chi connectivity index (χ3v) is 3.65. The van der Waals surface area contributed by atoms with Crippen LogP contribution in [0.4, 0.5) is 0 Å². The van der Waals surface area contributed by atoms with Crippen molar-refractivity contribution in [1.82, 2.24) is 5.32 Å². The number of nitrogens with one attached hydrogen (secondary N) is 1. The van der Waals surface area contributed by atoms with E-state index in [0.717, 1.165) is 32.1 Å². The Balaban J connectivity index is 2.59. The van der Waals surface area contributed by atoms with E-state index in [1.165, 1.54) is 0 Å². The fourth-order valence-electron chi connectivity index (χ4n) is 2.53. The van der Waals surface area contributed by atoms with Crippen LogP contribution < -0.4 is 11.1 Å². The standard InChI is InChI=1S/C13H23N3O/c1-3-11(6-8-14)16-12(17)13(15)7-4-5-10(2)9-13/h10-11H,3-7,9,15H2,1-2H3,(H,16,17). The zero-order chi connectivity index (χ0) is 12.9. The first-order chi connectivity index (χ1) is 8.01. The Labute approximate surface area is 104 Å². The van der Waals surface area contributed by atoms with Crippen molar-refractivity contribution in [3.8, 4) is 6.07 Å². The molecule has 0 aliphatic heterocycles. The summed E-state index contributed by atoms with van der Waals surface area (Å²) in [7, 11) is 0. The van der Waals surface area contributed by atoms with Gasteiger partial charge in [-0.2, -0.15) is 5.26 Å². The third-order valence-electron chi connectivity index (χ3n) is 3.65. The van der Waals surface area contributed by atoms with Crippen molar-refractivity contribution in [2.24, 2.45) is 11.7 Å². The van der Waals surface area contributed by atoms with E-state index in [2.05, 4.69) is 18.3 Å². The molecule has 0 spiro atoms. The number of nitrogens with two attached hydrogens (primary N) is 1. The van der Waals surface area contributed by atoms with Crippen LogP contribution in [0.25, 0.3) is 0 Å². The molecule has 96 valence electrons. The van der Waals surface area contributed by atoms with E-state index in [1.54, 1.807) is 0 Å². The zero-order valence-electron chi connectivity index (χ0n) is 10.8. The Morgan fingerprint density at radius 2 is 2.41 bits per heavy atom. The number of rotatable bonds is 4. The van der Waals surface area contributed by atoms with Gasteiger partial charge in [0.05, 0.1) is 18.0 Å². The average Bonchev–Trinajstić information content (AvgIpc) is 2.28. The summed E-state index contributed by atoms with van der Waals surface area (Å²) in [6.45, 7) is 4.11. The van der Waals surface area contributed by atoms with Gasteiger partial charge in [-0.05, 0) is 25.2 Å². The number of nitrogens with zero attached hydrogens (tertiary/aromatic N) is 1. The van der Waals surface area contributed by atoms with Crippen LogP contribution in [0.5, 0.6) is 0 Å². The summed E-state index contributed by atoms with van der Waals surface area (Å²) in [5.74, 6) is 0.432. The third kappa shape index (κ3) is 3.71. The molecule has 0 radical (unpaired) electrons. The molecular formula is C13H23N3O. The van der Waals surface area contributed by atoms with Crippen molar-refractivity contribution in [2.45, 2.75) is 64.0 Å². The molecule has 1 aliphatic rings. The number of nitriles is 1. The maximum Gasteiger partial charge on any atom is 0.240 e. The zero-order valence-corrected chi connectivity index (χ0v) is 10.8. The van der Waals surface area contributed by atoms with Gasteiger partial charge >= 0.3 is 0 Å². The van der Waals surface area contributed by atoms with E-state index < -0.39 is 5.54 Å². The number of hydrogen-bond donors (Lipinski definition) is 2. The van der Waals surface area contributed by atoms with Crippen LogP contribution in [-0.2, 0) is 4.79 Å². The molecule has 4 nitrogen and oxygen atoms in total. The highest BCUT2D eigenvalue weighted by atomic mass is 16.2. The molecule has 0 aromatic heterocycles. The topological polar surface area (TPSA) is 78.9 Å². The van der Waals surface area contributed by atoms with Gasteiger partial charge in [0.1, 0.15) is 0 Å². The quantitative estimate of drug-likeness (QED) is 0.781. The van der Waals surface area contributed by atoms with Crippen LogP contribution in [0.1, 0.15) is 52.4 Å². The first-order valence-electron chi connectivity index (χ1n) is 6.48. The Morgan fingerprint density at radius 3 is 2.94 bits per heavy atom. The smallest absolute Gasteiger partial charge is 0.240 e. The molecule has 1 aliphatic carbocycles. The molecule has 1 rings (SSSR count). The van der Waals surface area contributed by atoms with E-state index in [1.807, 2.05) is 6.92 Å². The van der Waals surface area contributed by atoms with Crippen molar-refractivity contribution in [2.75, 3.05) is 0 Å². The first-order valence-corrected chi connectivity index (χ1v) is 6.48. The van der Waals surface area contributed by atoms with Crippen molar-refractivity contribution in [3.63, 3.8) is 0 Å². The Morgan fingerprint density at radius 1 is 1.71 bits per heavy atom. The predicted molar refractivity (Wildman–Crippen MR) is 67.0 cm³/mol. The fraction of sp³-hybridized carbons (Fsp3) is 0.846. The van der Waals surface area contributed by atoms with Crippen LogP contribution >= 0.6 is 0 Å². The molecule has 1 fully saturated rings. The van der Waals surface area contributed by atoms with Crippen LogP contribution in [0, 0.1) is 17.2 Å². The van der Waals surface area contributed by atoms with Crippen LogP contribution in [-0.4, -0.2) is 17.5 Å². The average molecular weight is 237 g/mol. The van der Waals surface area contributed by atoms with Crippen LogP contribution in [0.3, 0.4) is 0 Å². The van der Waals surface area contributed by atoms with E-state index in [0.29, 0.717) is 12.3 Å². The summed E-state index contributed by atoms with van der Waals surface area (Å²) in [4.78, 5) is 12.2. The van der Waals surface area contributed by atoms with Gasteiger partial charge in [-0.3, -0.25) is 4.79 Å². The summed E-state index contributed by atoms with van der Waals surface area (Å²) in [6.07, 6.45) is 4.80. The molecule has 17 heavy (non-hydrogen) atoms. The minimum absolute atomic E-state index is 0.0647. The number of carbonyl (C=O) groups excluding carboxylic acids is 1. The highest BCUT2D eigenvalue weighted by molar-refractivity contribution is 5.86. The van der Waals surface area contributed by atoms with Gasteiger partial charge in [-0.15, -0.1) is 0 Å². The van der Waals surface area contributed by atoms with Gasteiger partial charge in [0.15, 0.2) is 0 Å².